The van der Waals surface area contributed by atoms with Crippen LogP contribution in [0.4, 0.5) is 8.78 Å². The molecule has 2 N–H and O–H groups in total. The molecule has 42 heavy (non-hydrogen) atoms. The molecule has 12 heteroatoms. The van der Waals surface area contributed by atoms with Gasteiger partial charge in [0.05, 0.1) is 5.92 Å². The van der Waals surface area contributed by atoms with Gasteiger partial charge in [-0.1, -0.05) is 60.7 Å². The van der Waals surface area contributed by atoms with Crippen molar-refractivity contribution < 1.29 is 31.5 Å². The molecule has 0 radical (unpaired) electrons. The first-order valence-corrected chi connectivity index (χ1v) is 15.0. The van der Waals surface area contributed by atoms with Crippen LogP contribution in [0.5, 0.6) is 5.75 Å². The second-order valence-electron chi connectivity index (χ2n) is 10.6. The van der Waals surface area contributed by atoms with Gasteiger partial charge < -0.3 is 15.0 Å². The van der Waals surface area contributed by atoms with Gasteiger partial charge in [0.25, 0.3) is 5.91 Å². The molecule has 2 aliphatic heterocycles. The van der Waals surface area contributed by atoms with Crippen LogP contribution in [0.1, 0.15) is 35.1 Å². The van der Waals surface area contributed by atoms with E-state index in [4.69, 9.17) is 4.74 Å². The minimum atomic E-state index is -4.15. The number of benzene rings is 3. The van der Waals surface area contributed by atoms with E-state index < -0.39 is 51.7 Å². The van der Waals surface area contributed by atoms with Crippen molar-refractivity contribution in [2.75, 3.05) is 33.8 Å². The highest BCUT2D eigenvalue weighted by Gasteiger charge is 2.46. The van der Waals surface area contributed by atoms with Crippen molar-refractivity contribution in [2.24, 2.45) is 5.92 Å². The number of rotatable bonds is 7. The number of amides is 2. The maximum absolute atomic E-state index is 14.4. The summed E-state index contributed by atoms with van der Waals surface area (Å²) in [6.07, 6.45) is 0.0763. The molecule has 2 heterocycles. The Balaban J connectivity index is 1.55. The Labute approximate surface area is 243 Å². The average molecular weight is 599 g/mol. The lowest BCUT2D eigenvalue weighted by atomic mass is 9.89. The lowest BCUT2D eigenvalue weighted by Crippen LogP contribution is -2.51. The predicted molar refractivity (Wildman–Crippen MR) is 152 cm³/mol. The Bertz CT molecular complexity index is 1520. The van der Waals surface area contributed by atoms with E-state index in [2.05, 4.69) is 10.0 Å². The molecule has 5 rings (SSSR count). The Kier molecular flexibility index (Phi) is 8.58. The number of fused-ring (bicyclic) bond motifs is 1. The molecule has 1 fully saturated rings. The molecule has 2 amide bonds. The summed E-state index contributed by atoms with van der Waals surface area (Å²) in [6, 6.07) is 18.6. The van der Waals surface area contributed by atoms with Crippen LogP contribution in [0, 0.1) is 17.6 Å². The fraction of sp³-hybridized carbons (Fsp3) is 0.333. The van der Waals surface area contributed by atoms with E-state index in [1.165, 1.54) is 19.0 Å². The van der Waals surface area contributed by atoms with Crippen molar-refractivity contribution in [3.8, 4) is 5.75 Å². The summed E-state index contributed by atoms with van der Waals surface area (Å²) in [5, 5.41) is 3.29. The number of hydrogen-bond donors (Lipinski definition) is 2. The van der Waals surface area contributed by atoms with E-state index in [9.17, 15) is 26.8 Å². The lowest BCUT2D eigenvalue weighted by molar-refractivity contribution is -0.138. The second-order valence-corrected chi connectivity index (χ2v) is 12.5. The Morgan fingerprint density at radius 2 is 1.60 bits per heavy atom. The average Bonchev–Trinajstić information content (AvgIpc) is 3.32. The van der Waals surface area contributed by atoms with E-state index >= 15 is 0 Å². The van der Waals surface area contributed by atoms with Crippen molar-refractivity contribution in [3.63, 3.8) is 0 Å². The van der Waals surface area contributed by atoms with E-state index in [1.807, 2.05) is 60.7 Å². The van der Waals surface area contributed by atoms with Gasteiger partial charge in [0, 0.05) is 44.9 Å². The van der Waals surface area contributed by atoms with Gasteiger partial charge in [0.1, 0.15) is 18.4 Å². The number of nitrogens with one attached hydrogen (secondary N) is 2. The highest BCUT2D eigenvalue weighted by Crippen LogP contribution is 2.41. The highest BCUT2D eigenvalue weighted by molar-refractivity contribution is 7.87. The van der Waals surface area contributed by atoms with Crippen molar-refractivity contribution in [3.05, 3.63) is 101 Å². The van der Waals surface area contributed by atoms with Gasteiger partial charge in [-0.15, -0.1) is 0 Å². The third kappa shape index (κ3) is 6.01. The summed E-state index contributed by atoms with van der Waals surface area (Å²) >= 11 is 0. The van der Waals surface area contributed by atoms with Crippen LogP contribution in [-0.2, 0) is 19.8 Å². The summed E-state index contributed by atoms with van der Waals surface area (Å²) in [6.45, 7) is 0.625. The summed E-state index contributed by atoms with van der Waals surface area (Å²) in [7, 11) is -1.57. The molecule has 3 atom stereocenters. The Morgan fingerprint density at radius 3 is 2.19 bits per heavy atom. The van der Waals surface area contributed by atoms with Gasteiger partial charge in [-0.3, -0.25) is 9.59 Å². The number of hydrogen-bond acceptors (Lipinski definition) is 6. The summed E-state index contributed by atoms with van der Waals surface area (Å²) in [4.78, 5) is 29.4. The topological polar surface area (TPSA) is 108 Å². The van der Waals surface area contributed by atoms with Gasteiger partial charge in [-0.2, -0.15) is 12.7 Å². The van der Waals surface area contributed by atoms with Crippen LogP contribution in [0.2, 0.25) is 0 Å². The molecule has 1 saturated heterocycles. The molecular formula is C30H32F2N4O5S. The first-order chi connectivity index (χ1) is 20.1. The number of ether oxygens (including phenoxy) is 1. The van der Waals surface area contributed by atoms with Crippen LogP contribution >= 0.6 is 0 Å². The number of likely N-dealkylation sites (tertiary alicyclic amines) is 1. The summed E-state index contributed by atoms with van der Waals surface area (Å²) in [5.74, 6) is -4.37. The zero-order valence-corrected chi connectivity index (χ0v) is 24.0. The predicted octanol–water partition coefficient (Wildman–Crippen LogP) is 2.96. The standard InChI is InChI=1S/C30H32F2N4O5S/c1-35(2)42(39,40)34-29(37)25-15-21(28-22-16-23(31)24(32)17-26(22)41-14-13-33-28)18-36(25)30(38)27(19-9-5-3-6-10-19)20-11-7-4-8-12-20/h3-12,16-17,21,25,27-28,33H,13-15,18H2,1-2H3,(H,34,37)/t21-,25-,28?/m0/s1. The van der Waals surface area contributed by atoms with Crippen molar-refractivity contribution >= 4 is 22.0 Å². The normalized spacial score (nSPS) is 20.6. The van der Waals surface area contributed by atoms with E-state index in [1.54, 1.807) is 0 Å². The highest BCUT2D eigenvalue weighted by atomic mass is 32.2. The van der Waals surface area contributed by atoms with Gasteiger partial charge in [-0.05, 0) is 29.5 Å². The molecule has 0 spiro atoms. The van der Waals surface area contributed by atoms with Gasteiger partial charge in [-0.25, -0.2) is 13.5 Å². The SMILES string of the molecule is CN(C)S(=O)(=O)NC(=O)[C@@H]1C[C@H](C2NCCOc3cc(F)c(F)cc32)CN1C(=O)C(c1ccccc1)c1ccccc1. The molecule has 2 aliphatic rings. The zero-order valence-electron chi connectivity index (χ0n) is 23.2. The third-order valence-electron chi connectivity index (χ3n) is 7.73. The molecule has 1 unspecified atom stereocenters. The molecule has 0 saturated carbocycles. The molecule has 3 aromatic carbocycles. The second kappa shape index (κ2) is 12.2. The fourth-order valence-corrected chi connectivity index (χ4v) is 6.21. The number of carbonyl (C=O) groups is 2. The largest absolute Gasteiger partial charge is 0.492 e. The van der Waals surface area contributed by atoms with Gasteiger partial charge in [0.15, 0.2) is 11.6 Å². The lowest BCUT2D eigenvalue weighted by Gasteiger charge is -2.29. The molecule has 3 aromatic rings. The first-order valence-electron chi connectivity index (χ1n) is 13.6. The number of halogens is 2. The van der Waals surface area contributed by atoms with Crippen LogP contribution in [0.3, 0.4) is 0 Å². The molecule has 0 aliphatic carbocycles. The number of carbonyl (C=O) groups excluding carboxylic acids is 2. The molecule has 222 valence electrons. The zero-order chi connectivity index (χ0) is 30.0. The van der Waals surface area contributed by atoms with Crippen molar-refractivity contribution in [1.82, 2.24) is 19.2 Å². The Hall–Kier alpha value is -3.87. The molecular weight excluding hydrogens is 566 g/mol. The van der Waals surface area contributed by atoms with Crippen molar-refractivity contribution in [1.29, 1.82) is 0 Å². The van der Waals surface area contributed by atoms with Crippen LogP contribution in [0.15, 0.2) is 72.8 Å². The van der Waals surface area contributed by atoms with E-state index in [0.717, 1.165) is 16.4 Å². The summed E-state index contributed by atoms with van der Waals surface area (Å²) < 4.78 is 62.3. The van der Waals surface area contributed by atoms with Gasteiger partial charge in [0.2, 0.25) is 5.91 Å². The minimum Gasteiger partial charge on any atom is -0.492 e. The van der Waals surface area contributed by atoms with Crippen LogP contribution in [0.25, 0.3) is 0 Å². The first kappa shape index (κ1) is 29.6. The number of nitrogens with zero attached hydrogens (tertiary/aromatic N) is 2. The maximum Gasteiger partial charge on any atom is 0.303 e. The van der Waals surface area contributed by atoms with E-state index in [0.29, 0.717) is 23.2 Å². The molecule has 9 nitrogen and oxygen atoms in total. The van der Waals surface area contributed by atoms with Crippen LogP contribution < -0.4 is 14.8 Å². The van der Waals surface area contributed by atoms with Gasteiger partial charge >= 0.3 is 10.2 Å². The van der Waals surface area contributed by atoms with E-state index in [-0.39, 0.29) is 31.2 Å². The third-order valence-corrected chi connectivity index (χ3v) is 9.15. The van der Waals surface area contributed by atoms with Crippen LogP contribution in [-0.4, -0.2) is 69.3 Å². The minimum absolute atomic E-state index is 0.0607. The Morgan fingerprint density at radius 1 is 1.00 bits per heavy atom. The maximum atomic E-state index is 14.4. The smallest absolute Gasteiger partial charge is 0.303 e. The fourth-order valence-electron chi connectivity index (χ4n) is 5.64. The molecule has 0 aromatic heterocycles. The quantitative estimate of drug-likeness (QED) is 0.433. The van der Waals surface area contributed by atoms with Crippen molar-refractivity contribution in [2.45, 2.75) is 24.4 Å². The summed E-state index contributed by atoms with van der Waals surface area (Å²) in [5.41, 5.74) is 1.79. The molecule has 0 bridgehead atoms. The monoisotopic (exact) mass is 598 g/mol.